The van der Waals surface area contributed by atoms with Gasteiger partial charge in [0.1, 0.15) is 5.82 Å². The molecule has 0 saturated heterocycles. The number of alkyl halides is 3. The number of fused-ring (bicyclic) bond motifs is 1. The summed E-state index contributed by atoms with van der Waals surface area (Å²) in [6, 6.07) is 16.9. The summed E-state index contributed by atoms with van der Waals surface area (Å²) in [4.78, 5) is 24.2. The normalized spacial score (nSPS) is 12.2. The molecule has 3 aromatic heterocycles. The van der Waals surface area contributed by atoms with Crippen LogP contribution in [0.5, 0.6) is 0 Å². The largest absolute Gasteiger partial charge is 0.434 e. The zero-order chi connectivity index (χ0) is 27.2. The maximum absolute atomic E-state index is 13.3. The van der Waals surface area contributed by atoms with Crippen molar-refractivity contribution >= 4 is 11.0 Å². The van der Waals surface area contributed by atoms with Crippen molar-refractivity contribution < 1.29 is 13.2 Å². The van der Waals surface area contributed by atoms with Gasteiger partial charge in [-0.05, 0) is 37.0 Å². The van der Waals surface area contributed by atoms with Crippen LogP contribution in [-0.4, -0.2) is 24.1 Å². The smallest absolute Gasteiger partial charge is 0.328 e. The van der Waals surface area contributed by atoms with E-state index in [0.717, 1.165) is 28.5 Å². The van der Waals surface area contributed by atoms with Gasteiger partial charge in [0.05, 0.1) is 29.5 Å². The van der Waals surface area contributed by atoms with Gasteiger partial charge in [-0.25, -0.2) is 9.78 Å². The summed E-state index contributed by atoms with van der Waals surface area (Å²) in [5.41, 5.74) is 4.57. The molecule has 0 aliphatic carbocycles. The Hall–Kier alpha value is -4.14. The fourth-order valence-electron chi connectivity index (χ4n) is 4.67. The second-order valence-electron chi connectivity index (χ2n) is 9.99. The van der Waals surface area contributed by atoms with Crippen LogP contribution < -0.4 is 5.69 Å². The highest BCUT2D eigenvalue weighted by Gasteiger charge is 2.35. The SMILES string of the molecule is CC(C)c1ccccc1-c1cc2c(cn1)[nH]c(=O)n2Cc1ccc(-c2nc(C(F)(F)F)cn2C(C)C)cc1. The minimum absolute atomic E-state index is 0.193. The van der Waals surface area contributed by atoms with Crippen molar-refractivity contribution in [3.8, 4) is 22.6 Å². The highest BCUT2D eigenvalue weighted by molar-refractivity contribution is 5.80. The van der Waals surface area contributed by atoms with Crippen LogP contribution in [0.1, 0.15) is 56.5 Å². The number of hydrogen-bond acceptors (Lipinski definition) is 3. The molecular weight excluding hydrogens is 491 g/mol. The van der Waals surface area contributed by atoms with Crippen LogP contribution in [0.25, 0.3) is 33.7 Å². The molecule has 5 rings (SSSR count). The Bertz CT molecular complexity index is 1660. The molecule has 6 nitrogen and oxygen atoms in total. The van der Waals surface area contributed by atoms with Gasteiger partial charge in [-0.2, -0.15) is 13.2 Å². The lowest BCUT2D eigenvalue weighted by molar-refractivity contribution is -0.140. The molecule has 0 fully saturated rings. The van der Waals surface area contributed by atoms with Crippen LogP contribution in [-0.2, 0) is 12.7 Å². The number of imidazole rings is 2. The zero-order valence-electron chi connectivity index (χ0n) is 21.5. The number of nitrogens with one attached hydrogen (secondary N) is 1. The van der Waals surface area contributed by atoms with E-state index < -0.39 is 11.9 Å². The molecule has 0 spiro atoms. The summed E-state index contributed by atoms with van der Waals surface area (Å²) in [5, 5.41) is 0. The average molecular weight is 520 g/mol. The van der Waals surface area contributed by atoms with Gasteiger partial charge in [0.25, 0.3) is 0 Å². The van der Waals surface area contributed by atoms with Gasteiger partial charge in [-0.15, -0.1) is 0 Å². The Morgan fingerprint density at radius 3 is 2.37 bits per heavy atom. The summed E-state index contributed by atoms with van der Waals surface area (Å²) in [6.45, 7) is 8.17. The van der Waals surface area contributed by atoms with Crippen LogP contribution in [0.4, 0.5) is 13.2 Å². The number of hydrogen-bond donors (Lipinski definition) is 1. The second kappa shape index (κ2) is 9.63. The van der Waals surface area contributed by atoms with Gasteiger partial charge in [0.15, 0.2) is 5.69 Å². The van der Waals surface area contributed by atoms with Crippen LogP contribution in [0.15, 0.2) is 71.8 Å². The molecular formula is C29H28F3N5O. The highest BCUT2D eigenvalue weighted by Crippen LogP contribution is 2.33. The van der Waals surface area contributed by atoms with E-state index in [1.807, 2.05) is 50.2 Å². The molecule has 2 aromatic carbocycles. The van der Waals surface area contributed by atoms with E-state index in [1.165, 1.54) is 10.1 Å². The topological polar surface area (TPSA) is 68.5 Å². The molecule has 0 aliphatic heterocycles. The van der Waals surface area contributed by atoms with Crippen molar-refractivity contribution in [2.45, 2.75) is 52.4 Å². The first-order valence-corrected chi connectivity index (χ1v) is 12.5. The van der Waals surface area contributed by atoms with E-state index in [9.17, 15) is 18.0 Å². The number of halogens is 3. The van der Waals surface area contributed by atoms with Gasteiger partial charge in [0, 0.05) is 23.4 Å². The first-order chi connectivity index (χ1) is 18.0. The van der Waals surface area contributed by atoms with Gasteiger partial charge in [-0.1, -0.05) is 62.4 Å². The van der Waals surface area contributed by atoms with Crippen molar-refractivity contribution in [2.24, 2.45) is 0 Å². The molecule has 0 radical (unpaired) electrons. The van der Waals surface area contributed by atoms with E-state index in [2.05, 4.69) is 34.9 Å². The molecule has 38 heavy (non-hydrogen) atoms. The summed E-state index contributed by atoms with van der Waals surface area (Å²) in [5.74, 6) is 0.566. The maximum atomic E-state index is 13.3. The lowest BCUT2D eigenvalue weighted by Gasteiger charge is -2.13. The number of nitrogens with zero attached hydrogens (tertiary/aromatic N) is 4. The Kier molecular flexibility index (Phi) is 6.46. The number of aromatic amines is 1. The lowest BCUT2D eigenvalue weighted by atomic mass is 9.95. The van der Waals surface area contributed by atoms with Crippen LogP contribution in [0, 0.1) is 0 Å². The number of H-pyrrole nitrogens is 1. The van der Waals surface area contributed by atoms with Crippen LogP contribution in [0.2, 0.25) is 0 Å². The molecule has 0 bridgehead atoms. The first-order valence-electron chi connectivity index (χ1n) is 12.5. The maximum Gasteiger partial charge on any atom is 0.434 e. The molecule has 0 atom stereocenters. The molecule has 196 valence electrons. The quantitative estimate of drug-likeness (QED) is 0.262. The van der Waals surface area contributed by atoms with Crippen molar-refractivity contribution in [1.29, 1.82) is 0 Å². The standard InChI is InChI=1S/C29H28F3N5O/c1-17(2)21-7-5-6-8-22(21)23-13-25-24(14-33-23)34-28(38)37(25)15-19-9-11-20(12-10-19)27-35-26(29(30,31)32)16-36(27)18(3)4/h5-14,16-18H,15H2,1-4H3,(H,34,38). The average Bonchev–Trinajstić information content (AvgIpc) is 3.46. The van der Waals surface area contributed by atoms with E-state index >= 15 is 0 Å². The molecule has 0 unspecified atom stereocenters. The van der Waals surface area contributed by atoms with E-state index in [-0.39, 0.29) is 17.6 Å². The van der Waals surface area contributed by atoms with E-state index in [0.29, 0.717) is 23.5 Å². The zero-order valence-corrected chi connectivity index (χ0v) is 21.5. The third-order valence-corrected chi connectivity index (χ3v) is 6.65. The molecule has 3 heterocycles. The van der Waals surface area contributed by atoms with E-state index in [1.54, 1.807) is 22.9 Å². The minimum atomic E-state index is -4.52. The Morgan fingerprint density at radius 1 is 1.00 bits per heavy atom. The predicted octanol–water partition coefficient (Wildman–Crippen LogP) is 7.03. The van der Waals surface area contributed by atoms with Gasteiger partial charge >= 0.3 is 11.9 Å². The number of pyridine rings is 1. The van der Waals surface area contributed by atoms with Crippen molar-refractivity contribution in [3.63, 3.8) is 0 Å². The monoisotopic (exact) mass is 519 g/mol. The summed E-state index contributed by atoms with van der Waals surface area (Å²) in [6.07, 6.45) is -1.80. The summed E-state index contributed by atoms with van der Waals surface area (Å²) < 4.78 is 43.0. The number of benzene rings is 2. The fourth-order valence-corrected chi connectivity index (χ4v) is 4.67. The first kappa shape index (κ1) is 25.5. The van der Waals surface area contributed by atoms with E-state index in [4.69, 9.17) is 0 Å². The third kappa shape index (κ3) is 4.76. The molecule has 9 heteroatoms. The third-order valence-electron chi connectivity index (χ3n) is 6.65. The second-order valence-corrected chi connectivity index (χ2v) is 9.99. The summed E-state index contributed by atoms with van der Waals surface area (Å²) >= 11 is 0. The molecule has 0 amide bonds. The Morgan fingerprint density at radius 2 is 1.71 bits per heavy atom. The highest BCUT2D eigenvalue weighted by atomic mass is 19.4. The van der Waals surface area contributed by atoms with Crippen molar-refractivity contribution in [2.75, 3.05) is 0 Å². The molecule has 0 aliphatic rings. The summed E-state index contributed by atoms with van der Waals surface area (Å²) in [7, 11) is 0. The lowest BCUT2D eigenvalue weighted by Crippen LogP contribution is -2.17. The molecule has 5 aromatic rings. The van der Waals surface area contributed by atoms with Crippen LogP contribution >= 0.6 is 0 Å². The molecule has 0 saturated carbocycles. The van der Waals surface area contributed by atoms with Crippen molar-refractivity contribution in [1.82, 2.24) is 24.1 Å². The van der Waals surface area contributed by atoms with Crippen molar-refractivity contribution in [3.05, 3.63) is 94.3 Å². The molecule has 1 N–H and O–H groups in total. The Balaban J connectivity index is 1.49. The predicted molar refractivity (Wildman–Crippen MR) is 142 cm³/mol. The number of rotatable bonds is 6. The fraction of sp³-hybridized carbons (Fsp3) is 0.276. The Labute approximate surface area is 217 Å². The van der Waals surface area contributed by atoms with Crippen LogP contribution in [0.3, 0.4) is 0 Å². The van der Waals surface area contributed by atoms with Gasteiger partial charge in [-0.3, -0.25) is 9.55 Å². The number of aromatic nitrogens is 5. The minimum Gasteiger partial charge on any atom is -0.328 e. The van der Waals surface area contributed by atoms with Gasteiger partial charge in [0.2, 0.25) is 0 Å². The van der Waals surface area contributed by atoms with Gasteiger partial charge < -0.3 is 9.55 Å².